The van der Waals surface area contributed by atoms with Crippen LogP contribution in [0.15, 0.2) is 48.8 Å². The third-order valence-corrected chi connectivity index (χ3v) is 4.80. The zero-order valence-electron chi connectivity index (χ0n) is 16.9. The number of carbonyl (C=O) groups is 2. The molecule has 2 amide bonds. The standard InChI is InChI=1S/C22H24F2N4O2/c1-14(2)21(28-13-27-18-10-16(23)17(24)11-19(18)28)22(30)25-9-8-20(29)26-12-15-6-4-3-5-7-15/h3-7,10-11,13-14,21H,8-9,12H2,1-2H3,(H,25,30)(H,26,29). The van der Waals surface area contributed by atoms with Gasteiger partial charge < -0.3 is 15.2 Å². The lowest BCUT2D eigenvalue weighted by molar-refractivity contribution is -0.125. The molecule has 0 bridgehead atoms. The van der Waals surface area contributed by atoms with Crippen molar-refractivity contribution in [2.75, 3.05) is 6.54 Å². The van der Waals surface area contributed by atoms with Crippen molar-refractivity contribution in [3.05, 3.63) is 66.0 Å². The molecule has 1 unspecified atom stereocenters. The van der Waals surface area contributed by atoms with Crippen molar-refractivity contribution in [2.24, 2.45) is 5.92 Å². The van der Waals surface area contributed by atoms with Crippen LogP contribution in [0.1, 0.15) is 31.9 Å². The molecule has 8 heteroatoms. The second kappa shape index (κ2) is 9.47. The van der Waals surface area contributed by atoms with Gasteiger partial charge in [-0.2, -0.15) is 0 Å². The fourth-order valence-electron chi connectivity index (χ4n) is 3.28. The SMILES string of the molecule is CC(C)C(C(=O)NCCC(=O)NCc1ccccc1)n1cnc2cc(F)c(F)cc21. The number of carbonyl (C=O) groups excluding carboxylic acids is 2. The molecule has 0 radical (unpaired) electrons. The second-order valence-electron chi connectivity index (χ2n) is 7.40. The number of halogens is 2. The predicted octanol–water partition coefficient (Wildman–Crippen LogP) is 3.33. The van der Waals surface area contributed by atoms with Gasteiger partial charge in [0.1, 0.15) is 6.04 Å². The number of imidazole rings is 1. The van der Waals surface area contributed by atoms with E-state index < -0.39 is 17.7 Å². The Morgan fingerprint density at radius 2 is 1.77 bits per heavy atom. The highest BCUT2D eigenvalue weighted by Crippen LogP contribution is 2.25. The van der Waals surface area contributed by atoms with Gasteiger partial charge in [0.2, 0.25) is 11.8 Å². The first kappa shape index (κ1) is 21.4. The Morgan fingerprint density at radius 1 is 1.07 bits per heavy atom. The van der Waals surface area contributed by atoms with Gasteiger partial charge in [-0.25, -0.2) is 13.8 Å². The van der Waals surface area contributed by atoms with Crippen LogP contribution in [0.2, 0.25) is 0 Å². The van der Waals surface area contributed by atoms with Gasteiger partial charge in [0.15, 0.2) is 11.6 Å². The smallest absolute Gasteiger partial charge is 0.243 e. The first-order valence-electron chi connectivity index (χ1n) is 9.76. The number of hydrogen-bond donors (Lipinski definition) is 2. The first-order valence-corrected chi connectivity index (χ1v) is 9.76. The van der Waals surface area contributed by atoms with Crippen LogP contribution in [0.5, 0.6) is 0 Å². The van der Waals surface area contributed by atoms with E-state index in [0.717, 1.165) is 17.7 Å². The van der Waals surface area contributed by atoms with Crippen LogP contribution >= 0.6 is 0 Å². The van der Waals surface area contributed by atoms with Crippen molar-refractivity contribution in [1.82, 2.24) is 20.2 Å². The lowest BCUT2D eigenvalue weighted by Crippen LogP contribution is -2.37. The van der Waals surface area contributed by atoms with Gasteiger partial charge >= 0.3 is 0 Å². The van der Waals surface area contributed by atoms with Gasteiger partial charge in [-0.1, -0.05) is 44.2 Å². The Hall–Kier alpha value is -3.29. The highest BCUT2D eigenvalue weighted by molar-refractivity contribution is 5.84. The molecular formula is C22H24F2N4O2. The van der Waals surface area contributed by atoms with Crippen LogP contribution in [0.25, 0.3) is 11.0 Å². The maximum Gasteiger partial charge on any atom is 0.243 e. The lowest BCUT2D eigenvalue weighted by atomic mass is 10.0. The van der Waals surface area contributed by atoms with E-state index in [0.29, 0.717) is 12.1 Å². The molecule has 0 saturated heterocycles. The fraction of sp³-hybridized carbons (Fsp3) is 0.318. The summed E-state index contributed by atoms with van der Waals surface area (Å²) < 4.78 is 28.7. The molecule has 30 heavy (non-hydrogen) atoms. The first-order chi connectivity index (χ1) is 14.4. The van der Waals surface area contributed by atoms with Crippen LogP contribution < -0.4 is 10.6 Å². The average Bonchev–Trinajstić information content (AvgIpc) is 3.09. The van der Waals surface area contributed by atoms with Crippen LogP contribution in [-0.2, 0) is 16.1 Å². The van der Waals surface area contributed by atoms with Crippen LogP contribution in [-0.4, -0.2) is 27.9 Å². The molecule has 0 aliphatic heterocycles. The average molecular weight is 414 g/mol. The summed E-state index contributed by atoms with van der Waals surface area (Å²) in [4.78, 5) is 28.9. The normalized spacial score (nSPS) is 12.2. The number of aromatic nitrogens is 2. The maximum absolute atomic E-state index is 13.7. The quantitative estimate of drug-likeness (QED) is 0.594. The molecule has 158 valence electrons. The van der Waals surface area contributed by atoms with E-state index in [4.69, 9.17) is 0 Å². The predicted molar refractivity (Wildman–Crippen MR) is 109 cm³/mol. The van der Waals surface area contributed by atoms with E-state index in [2.05, 4.69) is 15.6 Å². The maximum atomic E-state index is 13.7. The molecule has 1 heterocycles. The van der Waals surface area contributed by atoms with Crippen LogP contribution in [0, 0.1) is 17.6 Å². The number of benzene rings is 2. The topological polar surface area (TPSA) is 76.0 Å². The highest BCUT2D eigenvalue weighted by Gasteiger charge is 2.26. The highest BCUT2D eigenvalue weighted by atomic mass is 19.2. The molecule has 0 aliphatic carbocycles. The van der Waals surface area contributed by atoms with Crippen LogP contribution in [0.4, 0.5) is 8.78 Å². The largest absolute Gasteiger partial charge is 0.354 e. The molecule has 0 aliphatic rings. The molecule has 0 saturated carbocycles. The zero-order valence-corrected chi connectivity index (χ0v) is 16.9. The molecule has 2 aromatic carbocycles. The minimum Gasteiger partial charge on any atom is -0.354 e. The van der Waals surface area contributed by atoms with Crippen molar-refractivity contribution in [1.29, 1.82) is 0 Å². The van der Waals surface area contributed by atoms with Crippen molar-refractivity contribution in [2.45, 2.75) is 32.9 Å². The summed E-state index contributed by atoms with van der Waals surface area (Å²) >= 11 is 0. The van der Waals surface area contributed by atoms with Gasteiger partial charge in [-0.05, 0) is 11.5 Å². The van der Waals surface area contributed by atoms with Gasteiger partial charge in [0, 0.05) is 31.6 Å². The zero-order chi connectivity index (χ0) is 21.7. The van der Waals surface area contributed by atoms with E-state index in [9.17, 15) is 18.4 Å². The monoisotopic (exact) mass is 414 g/mol. The number of rotatable bonds is 8. The van der Waals surface area contributed by atoms with Gasteiger partial charge in [-0.15, -0.1) is 0 Å². The van der Waals surface area contributed by atoms with E-state index in [-0.39, 0.29) is 36.2 Å². The van der Waals surface area contributed by atoms with Gasteiger partial charge in [0.05, 0.1) is 17.4 Å². The Morgan fingerprint density at radius 3 is 2.47 bits per heavy atom. The molecular weight excluding hydrogens is 390 g/mol. The Labute approximate surface area is 173 Å². The lowest BCUT2D eigenvalue weighted by Gasteiger charge is -2.22. The molecule has 0 fully saturated rings. The minimum atomic E-state index is -0.998. The summed E-state index contributed by atoms with van der Waals surface area (Å²) in [5, 5.41) is 5.56. The number of fused-ring (bicyclic) bond motifs is 1. The van der Waals surface area contributed by atoms with Crippen molar-refractivity contribution >= 4 is 22.8 Å². The summed E-state index contributed by atoms with van der Waals surface area (Å²) in [6.45, 7) is 4.29. The third-order valence-electron chi connectivity index (χ3n) is 4.80. The van der Waals surface area contributed by atoms with Crippen molar-refractivity contribution in [3.8, 4) is 0 Å². The fourth-order valence-corrected chi connectivity index (χ4v) is 3.28. The van der Waals surface area contributed by atoms with E-state index in [1.165, 1.54) is 10.9 Å². The minimum absolute atomic E-state index is 0.133. The van der Waals surface area contributed by atoms with E-state index >= 15 is 0 Å². The second-order valence-corrected chi connectivity index (χ2v) is 7.40. The van der Waals surface area contributed by atoms with E-state index in [1.807, 2.05) is 44.2 Å². The van der Waals surface area contributed by atoms with Gasteiger partial charge in [-0.3, -0.25) is 9.59 Å². The molecule has 6 nitrogen and oxygen atoms in total. The molecule has 0 spiro atoms. The number of nitrogens with one attached hydrogen (secondary N) is 2. The van der Waals surface area contributed by atoms with Crippen molar-refractivity contribution < 1.29 is 18.4 Å². The Bertz CT molecular complexity index is 1030. The summed E-state index contributed by atoms with van der Waals surface area (Å²) in [7, 11) is 0. The third kappa shape index (κ3) is 5.00. The van der Waals surface area contributed by atoms with Crippen molar-refractivity contribution in [3.63, 3.8) is 0 Å². The van der Waals surface area contributed by atoms with Gasteiger partial charge in [0.25, 0.3) is 0 Å². The van der Waals surface area contributed by atoms with E-state index in [1.54, 1.807) is 0 Å². The summed E-state index contributed by atoms with van der Waals surface area (Å²) in [5.74, 6) is -2.61. The Kier molecular flexibility index (Phi) is 6.76. The number of nitrogens with zero attached hydrogens (tertiary/aromatic N) is 2. The van der Waals surface area contributed by atoms with Crippen LogP contribution in [0.3, 0.4) is 0 Å². The summed E-state index contributed by atoms with van der Waals surface area (Å²) in [6, 6.07) is 10.9. The molecule has 1 atom stereocenters. The summed E-state index contributed by atoms with van der Waals surface area (Å²) in [5.41, 5.74) is 1.60. The number of amides is 2. The molecule has 2 N–H and O–H groups in total. The molecule has 3 rings (SSSR count). The molecule has 3 aromatic rings. The number of hydrogen-bond acceptors (Lipinski definition) is 3. The Balaban J connectivity index is 1.60. The molecule has 1 aromatic heterocycles. The summed E-state index contributed by atoms with van der Waals surface area (Å²) in [6.07, 6.45) is 1.54.